The van der Waals surface area contributed by atoms with Crippen molar-refractivity contribution in [2.45, 2.75) is 19.3 Å². The number of nitrogens with zero attached hydrogens (tertiary/aromatic N) is 3. The first-order valence-corrected chi connectivity index (χ1v) is 16.8. The molecule has 4 heteroatoms. The third-order valence-corrected chi connectivity index (χ3v) is 10.9. The molecule has 0 N–H and O–H groups in total. The fourth-order valence-electron chi connectivity index (χ4n) is 8.52. The molecule has 4 nitrogen and oxygen atoms in total. The van der Waals surface area contributed by atoms with Crippen molar-refractivity contribution in [3.05, 3.63) is 151 Å². The van der Waals surface area contributed by atoms with Crippen LogP contribution in [0.25, 0.3) is 93.5 Å². The number of hydrogen-bond donors (Lipinski definition) is 0. The molecule has 0 saturated heterocycles. The minimum atomic E-state index is -0.0828. The Balaban J connectivity index is 1.15. The fraction of sp³-hybridized carbons (Fsp3) is 0.0667. The van der Waals surface area contributed by atoms with Crippen molar-refractivity contribution >= 4 is 65.6 Å². The number of fused-ring (bicyclic) bond motifs is 12. The highest BCUT2D eigenvalue weighted by Gasteiger charge is 2.36. The van der Waals surface area contributed by atoms with Gasteiger partial charge in [0.05, 0.1) is 22.1 Å². The Kier molecular flexibility index (Phi) is 5.15. The van der Waals surface area contributed by atoms with Crippen LogP contribution in [0.1, 0.15) is 25.0 Å². The molecule has 49 heavy (non-hydrogen) atoms. The molecule has 0 fully saturated rings. The van der Waals surface area contributed by atoms with Crippen LogP contribution in [0.5, 0.6) is 0 Å². The molecule has 4 heterocycles. The van der Waals surface area contributed by atoms with E-state index in [1.807, 2.05) is 18.5 Å². The van der Waals surface area contributed by atoms with Crippen LogP contribution in [0.2, 0.25) is 0 Å². The highest BCUT2D eigenvalue weighted by Crippen LogP contribution is 2.51. The number of benzene rings is 6. The number of aromatic nitrogens is 3. The summed E-state index contributed by atoms with van der Waals surface area (Å²) in [6.45, 7) is 4.70. The smallest absolute Gasteiger partial charge is 0.135 e. The molecule has 0 radical (unpaired) electrons. The molecule has 0 bridgehead atoms. The Morgan fingerprint density at radius 2 is 1.39 bits per heavy atom. The maximum absolute atomic E-state index is 6.44. The highest BCUT2D eigenvalue weighted by atomic mass is 16.3. The van der Waals surface area contributed by atoms with Crippen molar-refractivity contribution in [1.82, 2.24) is 14.5 Å². The van der Waals surface area contributed by atoms with Crippen molar-refractivity contribution in [2.75, 3.05) is 0 Å². The van der Waals surface area contributed by atoms with Crippen LogP contribution in [0.3, 0.4) is 0 Å². The standard InChI is InChI=1S/C45H29N3O/c1-45(2)36-13-5-3-10-30(36)32-23-33-31-11-4-6-15-39(31)48(40(33)24-37(32)45)28-17-19-42-35(22-28)34-21-26(16-18-41(34)49-42)29-12-7-14-38-43(29)44-27(25-47-38)9-8-20-46-44/h3-25H,1-2H3. The monoisotopic (exact) mass is 627 g/mol. The van der Waals surface area contributed by atoms with E-state index in [1.54, 1.807) is 0 Å². The molecule has 230 valence electrons. The second-order valence-electron chi connectivity index (χ2n) is 13.8. The first-order valence-electron chi connectivity index (χ1n) is 16.8. The van der Waals surface area contributed by atoms with Gasteiger partial charge in [0.2, 0.25) is 0 Å². The average molecular weight is 628 g/mol. The van der Waals surface area contributed by atoms with Crippen LogP contribution in [-0.4, -0.2) is 14.5 Å². The number of rotatable bonds is 2. The molecule has 0 aliphatic heterocycles. The number of hydrogen-bond acceptors (Lipinski definition) is 3. The van der Waals surface area contributed by atoms with Crippen LogP contribution < -0.4 is 0 Å². The van der Waals surface area contributed by atoms with Crippen molar-refractivity contribution in [3.63, 3.8) is 0 Å². The Bertz CT molecular complexity index is 3030. The van der Waals surface area contributed by atoms with Gasteiger partial charge in [-0.05, 0) is 100 Å². The van der Waals surface area contributed by atoms with Crippen LogP contribution in [0, 0.1) is 0 Å². The average Bonchev–Trinajstić information content (AvgIpc) is 3.75. The zero-order valence-electron chi connectivity index (χ0n) is 27.0. The van der Waals surface area contributed by atoms with E-state index in [0.717, 1.165) is 60.6 Å². The van der Waals surface area contributed by atoms with Gasteiger partial charge < -0.3 is 8.98 Å². The van der Waals surface area contributed by atoms with Crippen LogP contribution in [-0.2, 0) is 5.41 Å². The summed E-state index contributed by atoms with van der Waals surface area (Å²) in [5.41, 5.74) is 14.8. The van der Waals surface area contributed by atoms with Gasteiger partial charge in [-0.25, -0.2) is 0 Å². The third kappa shape index (κ3) is 3.58. The van der Waals surface area contributed by atoms with Crippen molar-refractivity contribution in [2.24, 2.45) is 0 Å². The van der Waals surface area contributed by atoms with E-state index in [2.05, 4.69) is 140 Å². The van der Waals surface area contributed by atoms with E-state index in [0.29, 0.717) is 0 Å². The predicted octanol–water partition coefficient (Wildman–Crippen LogP) is 11.8. The topological polar surface area (TPSA) is 43.9 Å². The van der Waals surface area contributed by atoms with Gasteiger partial charge in [-0.2, -0.15) is 0 Å². The molecule has 1 aliphatic rings. The lowest BCUT2D eigenvalue weighted by molar-refractivity contribution is 0.661. The van der Waals surface area contributed by atoms with E-state index in [-0.39, 0.29) is 5.41 Å². The second kappa shape index (κ2) is 9.42. The number of furan rings is 1. The molecule has 0 saturated carbocycles. The Labute approximate surface area is 281 Å². The minimum absolute atomic E-state index is 0.0828. The summed E-state index contributed by atoms with van der Waals surface area (Å²) in [7, 11) is 0. The molecule has 10 aromatic rings. The van der Waals surface area contributed by atoms with Gasteiger partial charge in [0.25, 0.3) is 0 Å². The van der Waals surface area contributed by atoms with E-state index in [4.69, 9.17) is 14.4 Å². The SMILES string of the molecule is CC1(C)c2ccccc2-c2cc3c4ccccc4n(-c4ccc5oc6ccc(-c7cccc8ncc9cccnc9c78)cc6c5c4)c3cc21. The fourth-order valence-corrected chi connectivity index (χ4v) is 8.52. The molecular weight excluding hydrogens is 599 g/mol. The van der Waals surface area contributed by atoms with E-state index in [1.165, 1.54) is 44.1 Å². The van der Waals surface area contributed by atoms with Crippen molar-refractivity contribution in [3.8, 4) is 27.9 Å². The minimum Gasteiger partial charge on any atom is -0.456 e. The summed E-state index contributed by atoms with van der Waals surface area (Å²) in [4.78, 5) is 9.54. The largest absolute Gasteiger partial charge is 0.456 e. The molecular formula is C45H29N3O. The first-order chi connectivity index (χ1) is 24.0. The number of pyridine rings is 2. The molecule has 1 aliphatic carbocycles. The molecule has 0 unspecified atom stereocenters. The van der Waals surface area contributed by atoms with E-state index in [9.17, 15) is 0 Å². The normalized spacial score (nSPS) is 13.7. The Hall–Kier alpha value is -6.26. The maximum atomic E-state index is 6.44. The van der Waals surface area contributed by atoms with Gasteiger partial charge in [0, 0.05) is 55.8 Å². The van der Waals surface area contributed by atoms with Crippen LogP contribution in [0.15, 0.2) is 144 Å². The predicted molar refractivity (Wildman–Crippen MR) is 202 cm³/mol. The van der Waals surface area contributed by atoms with Gasteiger partial charge in [0.1, 0.15) is 11.2 Å². The van der Waals surface area contributed by atoms with Crippen molar-refractivity contribution < 1.29 is 4.42 Å². The summed E-state index contributed by atoms with van der Waals surface area (Å²) < 4.78 is 8.87. The zero-order chi connectivity index (χ0) is 32.4. The third-order valence-electron chi connectivity index (χ3n) is 10.9. The lowest BCUT2D eigenvalue weighted by Crippen LogP contribution is -2.14. The zero-order valence-corrected chi connectivity index (χ0v) is 27.0. The molecule has 4 aromatic heterocycles. The van der Waals surface area contributed by atoms with Gasteiger partial charge in [-0.15, -0.1) is 0 Å². The van der Waals surface area contributed by atoms with Crippen LogP contribution in [0.4, 0.5) is 0 Å². The second-order valence-corrected chi connectivity index (χ2v) is 13.8. The first kappa shape index (κ1) is 26.8. The van der Waals surface area contributed by atoms with Gasteiger partial charge in [-0.1, -0.05) is 74.5 Å². The molecule has 6 aromatic carbocycles. The Morgan fingerprint density at radius 1 is 0.571 bits per heavy atom. The van der Waals surface area contributed by atoms with E-state index < -0.39 is 0 Å². The molecule has 0 amide bonds. The lowest BCUT2D eigenvalue weighted by atomic mass is 9.82. The summed E-state index contributed by atoms with van der Waals surface area (Å²) in [5.74, 6) is 0. The summed E-state index contributed by atoms with van der Waals surface area (Å²) >= 11 is 0. The maximum Gasteiger partial charge on any atom is 0.135 e. The van der Waals surface area contributed by atoms with Gasteiger partial charge in [-0.3, -0.25) is 9.97 Å². The molecule has 0 spiro atoms. The summed E-state index contributed by atoms with van der Waals surface area (Å²) in [6, 6.07) is 46.0. The molecule has 0 atom stereocenters. The lowest BCUT2D eigenvalue weighted by Gasteiger charge is -2.21. The number of para-hydroxylation sites is 1. The summed E-state index contributed by atoms with van der Waals surface area (Å²) in [6.07, 6.45) is 3.76. The van der Waals surface area contributed by atoms with Crippen molar-refractivity contribution in [1.29, 1.82) is 0 Å². The summed E-state index contributed by atoms with van der Waals surface area (Å²) in [5, 5.41) is 6.81. The Morgan fingerprint density at radius 3 is 2.33 bits per heavy atom. The van der Waals surface area contributed by atoms with E-state index >= 15 is 0 Å². The van der Waals surface area contributed by atoms with Gasteiger partial charge >= 0.3 is 0 Å². The highest BCUT2D eigenvalue weighted by molar-refractivity contribution is 6.14. The quantitative estimate of drug-likeness (QED) is 0.179. The van der Waals surface area contributed by atoms with Crippen LogP contribution >= 0.6 is 0 Å². The van der Waals surface area contributed by atoms with Gasteiger partial charge in [0.15, 0.2) is 0 Å². The molecule has 11 rings (SSSR count).